The van der Waals surface area contributed by atoms with Gasteiger partial charge in [0.15, 0.2) is 5.69 Å². The lowest BCUT2D eigenvalue weighted by Crippen LogP contribution is -2.26. The first-order valence-corrected chi connectivity index (χ1v) is 5.46. The SMILES string of the molecule is CC(NC(=O)c1cn[nH]n1)c1cccc(Cl)c1. The zero-order valence-corrected chi connectivity index (χ0v) is 9.90. The average Bonchev–Trinajstić information content (AvgIpc) is 2.82. The monoisotopic (exact) mass is 250 g/mol. The van der Waals surface area contributed by atoms with Crippen LogP contribution in [0.5, 0.6) is 0 Å². The van der Waals surface area contributed by atoms with Gasteiger partial charge in [-0.1, -0.05) is 23.7 Å². The molecule has 6 heteroatoms. The molecule has 2 rings (SSSR count). The van der Waals surface area contributed by atoms with Crippen LogP contribution in [-0.2, 0) is 0 Å². The molecule has 0 saturated heterocycles. The molecule has 0 saturated carbocycles. The molecule has 17 heavy (non-hydrogen) atoms. The molecule has 5 nitrogen and oxygen atoms in total. The molecule has 2 N–H and O–H groups in total. The highest BCUT2D eigenvalue weighted by Gasteiger charge is 2.13. The number of halogens is 1. The van der Waals surface area contributed by atoms with Crippen LogP contribution in [0.3, 0.4) is 0 Å². The van der Waals surface area contributed by atoms with Crippen molar-refractivity contribution < 1.29 is 4.79 Å². The Balaban J connectivity index is 2.07. The summed E-state index contributed by atoms with van der Waals surface area (Å²) in [5.41, 5.74) is 1.20. The number of hydrogen-bond donors (Lipinski definition) is 2. The molecule has 1 aromatic heterocycles. The molecule has 0 aliphatic heterocycles. The average molecular weight is 251 g/mol. The maximum absolute atomic E-state index is 11.7. The number of nitrogens with zero attached hydrogens (tertiary/aromatic N) is 2. The molecular weight excluding hydrogens is 240 g/mol. The molecule has 0 bridgehead atoms. The minimum Gasteiger partial charge on any atom is -0.344 e. The molecule has 0 fully saturated rings. The van der Waals surface area contributed by atoms with Crippen LogP contribution in [0.15, 0.2) is 30.5 Å². The molecule has 1 unspecified atom stereocenters. The van der Waals surface area contributed by atoms with Crippen molar-refractivity contribution >= 4 is 17.5 Å². The van der Waals surface area contributed by atoms with Gasteiger partial charge < -0.3 is 5.32 Å². The molecule has 88 valence electrons. The number of benzene rings is 1. The van der Waals surface area contributed by atoms with Crippen molar-refractivity contribution in [1.82, 2.24) is 20.7 Å². The van der Waals surface area contributed by atoms with Gasteiger partial charge in [-0.3, -0.25) is 4.79 Å². The zero-order chi connectivity index (χ0) is 12.3. The summed E-state index contributed by atoms with van der Waals surface area (Å²) in [7, 11) is 0. The van der Waals surface area contributed by atoms with E-state index in [1.807, 2.05) is 25.1 Å². The first-order valence-electron chi connectivity index (χ1n) is 5.09. The number of amides is 1. The van der Waals surface area contributed by atoms with Crippen molar-refractivity contribution in [2.45, 2.75) is 13.0 Å². The van der Waals surface area contributed by atoms with Crippen LogP contribution in [0.25, 0.3) is 0 Å². The molecule has 1 amide bonds. The van der Waals surface area contributed by atoms with Gasteiger partial charge in [-0.25, -0.2) is 0 Å². The Kier molecular flexibility index (Phi) is 3.39. The number of hydrogen-bond acceptors (Lipinski definition) is 3. The van der Waals surface area contributed by atoms with Gasteiger partial charge in [-0.15, -0.1) is 0 Å². The summed E-state index contributed by atoms with van der Waals surface area (Å²) in [6.45, 7) is 1.88. The second-order valence-electron chi connectivity index (χ2n) is 3.61. The van der Waals surface area contributed by atoms with Crippen molar-refractivity contribution in [2.75, 3.05) is 0 Å². The van der Waals surface area contributed by atoms with Crippen LogP contribution in [0.4, 0.5) is 0 Å². The summed E-state index contributed by atoms with van der Waals surface area (Å²) in [4.78, 5) is 11.7. The molecule has 0 spiro atoms. The third kappa shape index (κ3) is 2.82. The Labute approximate surface area is 103 Å². The van der Waals surface area contributed by atoms with Crippen LogP contribution in [0.1, 0.15) is 29.0 Å². The highest BCUT2D eigenvalue weighted by Crippen LogP contribution is 2.17. The summed E-state index contributed by atoms with van der Waals surface area (Å²) in [6.07, 6.45) is 1.38. The minimum atomic E-state index is -0.272. The normalized spacial score (nSPS) is 12.1. The smallest absolute Gasteiger partial charge is 0.273 e. The van der Waals surface area contributed by atoms with Crippen molar-refractivity contribution in [3.63, 3.8) is 0 Å². The van der Waals surface area contributed by atoms with E-state index < -0.39 is 0 Å². The van der Waals surface area contributed by atoms with Gasteiger partial charge in [-0.05, 0) is 24.6 Å². The second kappa shape index (κ2) is 4.97. The molecule has 1 heterocycles. The van der Waals surface area contributed by atoms with Crippen molar-refractivity contribution in [3.8, 4) is 0 Å². The number of aromatic amines is 1. The first kappa shape index (κ1) is 11.6. The highest BCUT2D eigenvalue weighted by atomic mass is 35.5. The Morgan fingerprint density at radius 1 is 1.53 bits per heavy atom. The van der Waals surface area contributed by atoms with Gasteiger partial charge in [0.25, 0.3) is 5.91 Å². The minimum absolute atomic E-state index is 0.141. The van der Waals surface area contributed by atoms with E-state index in [1.54, 1.807) is 6.07 Å². The van der Waals surface area contributed by atoms with Crippen LogP contribution < -0.4 is 5.32 Å². The zero-order valence-electron chi connectivity index (χ0n) is 9.14. The third-order valence-electron chi connectivity index (χ3n) is 2.34. The second-order valence-corrected chi connectivity index (χ2v) is 4.04. The van der Waals surface area contributed by atoms with Crippen molar-refractivity contribution in [3.05, 3.63) is 46.7 Å². The van der Waals surface area contributed by atoms with Gasteiger partial charge in [0, 0.05) is 5.02 Å². The van der Waals surface area contributed by atoms with Crippen molar-refractivity contribution in [2.24, 2.45) is 0 Å². The lowest BCUT2D eigenvalue weighted by Gasteiger charge is -2.13. The van der Waals surface area contributed by atoms with E-state index in [1.165, 1.54) is 6.20 Å². The van der Waals surface area contributed by atoms with E-state index in [4.69, 9.17) is 11.6 Å². The van der Waals surface area contributed by atoms with Crippen LogP contribution in [0, 0.1) is 0 Å². The van der Waals surface area contributed by atoms with E-state index in [2.05, 4.69) is 20.7 Å². The fourth-order valence-electron chi connectivity index (χ4n) is 1.44. The number of H-pyrrole nitrogens is 1. The molecule has 1 atom stereocenters. The molecule has 2 aromatic rings. The predicted molar refractivity (Wildman–Crippen MR) is 63.7 cm³/mol. The highest BCUT2D eigenvalue weighted by molar-refractivity contribution is 6.30. The summed E-state index contributed by atoms with van der Waals surface area (Å²) < 4.78 is 0. The standard InChI is InChI=1S/C11H11ClN4O/c1-7(8-3-2-4-9(12)5-8)14-11(17)10-6-13-16-15-10/h2-7H,1H3,(H,14,17)(H,13,15,16). The Morgan fingerprint density at radius 2 is 2.35 bits per heavy atom. The molecule has 0 aliphatic carbocycles. The first-order chi connectivity index (χ1) is 8.16. The topological polar surface area (TPSA) is 70.7 Å². The third-order valence-corrected chi connectivity index (χ3v) is 2.58. The van der Waals surface area contributed by atoms with Gasteiger partial charge in [0.05, 0.1) is 12.2 Å². The lowest BCUT2D eigenvalue weighted by atomic mass is 10.1. The summed E-state index contributed by atoms with van der Waals surface area (Å²) >= 11 is 5.88. The van der Waals surface area contributed by atoms with Crippen molar-refractivity contribution in [1.29, 1.82) is 0 Å². The van der Waals surface area contributed by atoms with E-state index >= 15 is 0 Å². The fraction of sp³-hybridized carbons (Fsp3) is 0.182. The fourth-order valence-corrected chi connectivity index (χ4v) is 1.64. The Hall–Kier alpha value is -1.88. The molecular formula is C11H11ClN4O. The Bertz CT molecular complexity index is 512. The molecule has 1 aromatic carbocycles. The molecule has 0 radical (unpaired) electrons. The predicted octanol–water partition coefficient (Wildman–Crippen LogP) is 1.95. The van der Waals surface area contributed by atoms with Gasteiger partial charge >= 0.3 is 0 Å². The van der Waals surface area contributed by atoms with E-state index in [9.17, 15) is 4.79 Å². The maximum Gasteiger partial charge on any atom is 0.273 e. The van der Waals surface area contributed by atoms with Gasteiger partial charge in [0.1, 0.15) is 0 Å². The van der Waals surface area contributed by atoms with E-state index in [-0.39, 0.29) is 17.6 Å². The number of nitrogens with one attached hydrogen (secondary N) is 2. The van der Waals surface area contributed by atoms with Crippen LogP contribution in [0.2, 0.25) is 5.02 Å². The largest absolute Gasteiger partial charge is 0.344 e. The quantitative estimate of drug-likeness (QED) is 0.875. The van der Waals surface area contributed by atoms with Gasteiger partial charge in [-0.2, -0.15) is 15.4 Å². The summed E-state index contributed by atoms with van der Waals surface area (Å²) in [5.74, 6) is -0.272. The maximum atomic E-state index is 11.7. The number of aromatic nitrogens is 3. The van der Waals surface area contributed by atoms with Crippen LogP contribution in [-0.4, -0.2) is 21.3 Å². The molecule has 0 aliphatic rings. The summed E-state index contributed by atoms with van der Waals surface area (Å²) in [5, 5.41) is 13.1. The number of carbonyl (C=O) groups excluding carboxylic acids is 1. The number of carbonyl (C=O) groups is 1. The van der Waals surface area contributed by atoms with Gasteiger partial charge in [0.2, 0.25) is 0 Å². The summed E-state index contributed by atoms with van der Waals surface area (Å²) in [6, 6.07) is 7.21. The van der Waals surface area contributed by atoms with E-state index in [0.717, 1.165) is 5.56 Å². The van der Waals surface area contributed by atoms with Crippen LogP contribution >= 0.6 is 11.6 Å². The lowest BCUT2D eigenvalue weighted by molar-refractivity contribution is 0.0935. The number of rotatable bonds is 3. The Morgan fingerprint density at radius 3 is 3.00 bits per heavy atom. The van der Waals surface area contributed by atoms with E-state index in [0.29, 0.717) is 5.02 Å².